The summed E-state index contributed by atoms with van der Waals surface area (Å²) in [5, 5.41) is 2.74. The first-order chi connectivity index (χ1) is 13.7. The highest BCUT2D eigenvalue weighted by atomic mass is 35.5. The zero-order chi connectivity index (χ0) is 19.1. The number of nitrogens with zero attached hydrogens (tertiary/aromatic N) is 3. The van der Waals surface area contributed by atoms with E-state index in [4.69, 9.17) is 16.6 Å². The number of hydrogen-bond acceptors (Lipinski definition) is 3. The van der Waals surface area contributed by atoms with Gasteiger partial charge in [-0.2, -0.15) is 0 Å². The molecule has 0 fully saturated rings. The van der Waals surface area contributed by atoms with Crippen LogP contribution in [0, 0.1) is 0 Å². The number of carbonyl (C=O) groups is 1. The molecule has 28 heavy (non-hydrogen) atoms. The highest BCUT2D eigenvalue weighted by molar-refractivity contribution is 7.15. The van der Waals surface area contributed by atoms with Crippen LogP contribution in [0.1, 0.15) is 17.7 Å². The molecule has 0 atom stereocenters. The summed E-state index contributed by atoms with van der Waals surface area (Å²) in [6, 6.07) is 15.9. The fraction of sp³-hybridized carbons (Fsp3) is 0.182. The monoisotopic (exact) mass is 407 g/mol. The number of anilines is 1. The molecule has 1 amide bonds. The van der Waals surface area contributed by atoms with E-state index < -0.39 is 0 Å². The number of rotatable bonds is 3. The Bertz CT molecular complexity index is 1160. The lowest BCUT2D eigenvalue weighted by Gasteiger charge is -2.29. The first-order valence-corrected chi connectivity index (χ1v) is 10.5. The first-order valence-electron chi connectivity index (χ1n) is 9.29. The van der Waals surface area contributed by atoms with Crippen molar-refractivity contribution in [2.24, 2.45) is 0 Å². The molecule has 5 rings (SSSR count). The van der Waals surface area contributed by atoms with E-state index >= 15 is 0 Å². The summed E-state index contributed by atoms with van der Waals surface area (Å²) in [6.07, 6.45) is 4.41. The normalized spacial score (nSPS) is 13.7. The van der Waals surface area contributed by atoms with Crippen LogP contribution in [0.3, 0.4) is 0 Å². The highest BCUT2D eigenvalue weighted by Crippen LogP contribution is 2.29. The van der Waals surface area contributed by atoms with Gasteiger partial charge in [-0.05, 0) is 36.6 Å². The van der Waals surface area contributed by atoms with Crippen LogP contribution < -0.4 is 4.90 Å². The molecule has 2 aromatic heterocycles. The molecule has 140 valence electrons. The van der Waals surface area contributed by atoms with Gasteiger partial charge >= 0.3 is 0 Å². The molecule has 0 N–H and O–H groups in total. The van der Waals surface area contributed by atoms with Crippen molar-refractivity contribution in [2.45, 2.75) is 19.3 Å². The van der Waals surface area contributed by atoms with E-state index in [0.29, 0.717) is 11.4 Å². The van der Waals surface area contributed by atoms with Crippen LogP contribution in [-0.2, 0) is 17.6 Å². The van der Waals surface area contributed by atoms with Crippen LogP contribution in [0.5, 0.6) is 0 Å². The molecule has 1 aliphatic rings. The van der Waals surface area contributed by atoms with Gasteiger partial charge < -0.3 is 4.90 Å². The fourth-order valence-electron chi connectivity index (χ4n) is 3.76. The molecule has 0 saturated heterocycles. The third-order valence-electron chi connectivity index (χ3n) is 5.17. The lowest BCUT2D eigenvalue weighted by Crippen LogP contribution is -2.36. The van der Waals surface area contributed by atoms with E-state index in [1.807, 2.05) is 63.3 Å². The van der Waals surface area contributed by atoms with Crippen molar-refractivity contribution in [3.05, 3.63) is 76.4 Å². The number of fused-ring (bicyclic) bond motifs is 2. The van der Waals surface area contributed by atoms with E-state index in [1.54, 1.807) is 11.3 Å². The number of aryl methyl sites for hydroxylation is 1. The molecule has 0 aliphatic carbocycles. The number of hydrogen-bond donors (Lipinski definition) is 0. The average Bonchev–Trinajstić information content (AvgIpc) is 3.30. The average molecular weight is 408 g/mol. The summed E-state index contributed by atoms with van der Waals surface area (Å²) >= 11 is 7.55. The molecule has 0 unspecified atom stereocenters. The molecular formula is C22H18ClN3OS. The van der Waals surface area contributed by atoms with Crippen molar-refractivity contribution >= 4 is 39.5 Å². The second kappa shape index (κ2) is 7.08. The summed E-state index contributed by atoms with van der Waals surface area (Å²) in [4.78, 5) is 20.6. The van der Waals surface area contributed by atoms with E-state index in [1.165, 1.54) is 5.56 Å². The number of amides is 1. The molecule has 3 heterocycles. The maximum Gasteiger partial charge on any atom is 0.232 e. The fourth-order valence-corrected chi connectivity index (χ4v) is 4.76. The Hall–Kier alpha value is -2.63. The Balaban J connectivity index is 1.43. The van der Waals surface area contributed by atoms with Crippen LogP contribution in [0.2, 0.25) is 5.02 Å². The Morgan fingerprint density at radius 3 is 2.82 bits per heavy atom. The minimum absolute atomic E-state index is 0.133. The van der Waals surface area contributed by atoms with E-state index in [9.17, 15) is 4.79 Å². The number of imidazole rings is 1. The maximum atomic E-state index is 13.1. The Morgan fingerprint density at radius 1 is 1.14 bits per heavy atom. The molecule has 0 bridgehead atoms. The molecule has 0 saturated carbocycles. The van der Waals surface area contributed by atoms with Crippen molar-refractivity contribution < 1.29 is 4.79 Å². The van der Waals surface area contributed by atoms with E-state index in [-0.39, 0.29) is 5.91 Å². The summed E-state index contributed by atoms with van der Waals surface area (Å²) in [7, 11) is 0. The molecule has 0 spiro atoms. The number of benzene rings is 2. The highest BCUT2D eigenvalue weighted by Gasteiger charge is 2.23. The van der Waals surface area contributed by atoms with Gasteiger partial charge in [-0.3, -0.25) is 9.20 Å². The number of thiazole rings is 1. The first kappa shape index (κ1) is 17.5. The predicted octanol–water partition coefficient (Wildman–Crippen LogP) is 5.24. The molecular weight excluding hydrogens is 390 g/mol. The summed E-state index contributed by atoms with van der Waals surface area (Å²) in [6.45, 7) is 0.781. The van der Waals surface area contributed by atoms with Gasteiger partial charge in [-0.1, -0.05) is 41.9 Å². The van der Waals surface area contributed by atoms with E-state index in [2.05, 4.69) is 6.07 Å². The van der Waals surface area contributed by atoms with Crippen molar-refractivity contribution in [1.82, 2.24) is 9.38 Å². The topological polar surface area (TPSA) is 37.6 Å². The minimum Gasteiger partial charge on any atom is -0.312 e. The molecule has 1 aliphatic heterocycles. The van der Waals surface area contributed by atoms with Gasteiger partial charge in [0.2, 0.25) is 5.91 Å². The van der Waals surface area contributed by atoms with Gasteiger partial charge in [0.15, 0.2) is 4.96 Å². The van der Waals surface area contributed by atoms with E-state index in [0.717, 1.165) is 47.0 Å². The second-order valence-corrected chi connectivity index (χ2v) is 8.24. The smallest absolute Gasteiger partial charge is 0.232 e. The second-order valence-electron chi connectivity index (χ2n) is 6.97. The van der Waals surface area contributed by atoms with Gasteiger partial charge in [0.1, 0.15) is 0 Å². The van der Waals surface area contributed by atoms with Gasteiger partial charge in [-0.15, -0.1) is 11.3 Å². The predicted molar refractivity (Wildman–Crippen MR) is 114 cm³/mol. The number of carbonyl (C=O) groups excluding carboxylic acids is 1. The van der Waals surface area contributed by atoms with Crippen LogP contribution in [-0.4, -0.2) is 21.8 Å². The largest absolute Gasteiger partial charge is 0.312 e. The van der Waals surface area contributed by atoms with Crippen LogP contribution in [0.4, 0.5) is 5.69 Å². The zero-order valence-corrected chi connectivity index (χ0v) is 16.7. The molecule has 0 radical (unpaired) electrons. The van der Waals surface area contributed by atoms with Crippen LogP contribution in [0.15, 0.2) is 60.1 Å². The van der Waals surface area contributed by atoms with Crippen molar-refractivity contribution in [3.63, 3.8) is 0 Å². The quantitative estimate of drug-likeness (QED) is 0.466. The summed E-state index contributed by atoms with van der Waals surface area (Å²) in [5.74, 6) is 0.133. The Labute approximate surface area is 172 Å². The third-order valence-corrected chi connectivity index (χ3v) is 6.31. The van der Waals surface area contributed by atoms with Gasteiger partial charge in [0, 0.05) is 40.1 Å². The van der Waals surface area contributed by atoms with Gasteiger partial charge in [0.05, 0.1) is 12.1 Å². The Kier molecular flexibility index (Phi) is 4.41. The molecule has 4 nitrogen and oxygen atoms in total. The molecule has 6 heteroatoms. The van der Waals surface area contributed by atoms with Crippen LogP contribution >= 0.6 is 22.9 Å². The number of halogens is 1. The minimum atomic E-state index is 0.133. The van der Waals surface area contributed by atoms with Gasteiger partial charge in [0.25, 0.3) is 0 Å². The summed E-state index contributed by atoms with van der Waals surface area (Å²) < 4.78 is 2.03. The summed E-state index contributed by atoms with van der Waals surface area (Å²) in [5.41, 5.74) is 5.19. The SMILES string of the molecule is O=C(Cc1csc2nc(-c3ccc(Cl)cc3)cn12)N1CCCc2ccccc21. The maximum absolute atomic E-state index is 13.1. The van der Waals surface area contributed by atoms with Crippen molar-refractivity contribution in [3.8, 4) is 11.3 Å². The lowest BCUT2D eigenvalue weighted by molar-refractivity contribution is -0.118. The van der Waals surface area contributed by atoms with Gasteiger partial charge in [-0.25, -0.2) is 4.98 Å². The number of aromatic nitrogens is 2. The Morgan fingerprint density at radius 2 is 1.96 bits per heavy atom. The van der Waals surface area contributed by atoms with Crippen molar-refractivity contribution in [1.29, 1.82) is 0 Å². The lowest BCUT2D eigenvalue weighted by atomic mass is 10.0. The standard InChI is InChI=1S/C22H18ClN3OS/c23-17-9-7-15(8-10-17)19-13-26-18(14-28-22(26)24-19)12-21(27)25-11-3-5-16-4-1-2-6-20(16)25/h1-2,4,6-10,13-14H,3,5,11-12H2. The van der Waals surface area contributed by atoms with Crippen molar-refractivity contribution in [2.75, 3.05) is 11.4 Å². The molecule has 4 aromatic rings. The third kappa shape index (κ3) is 3.11. The zero-order valence-electron chi connectivity index (χ0n) is 15.1. The van der Waals surface area contributed by atoms with Crippen LogP contribution in [0.25, 0.3) is 16.2 Å². The molecule has 2 aromatic carbocycles. The number of para-hydroxylation sites is 1.